The molecule has 0 saturated carbocycles. The summed E-state index contributed by atoms with van der Waals surface area (Å²) in [6, 6.07) is 5.36. The van der Waals surface area contributed by atoms with Gasteiger partial charge in [-0.05, 0) is 46.1 Å². The number of benzene rings is 1. The van der Waals surface area contributed by atoms with E-state index >= 15 is 0 Å². The molecule has 0 spiro atoms. The Hall–Kier alpha value is -2.54. The Labute approximate surface area is 194 Å². The molecule has 1 atom stereocenters. The van der Waals surface area contributed by atoms with Crippen molar-refractivity contribution in [3.05, 3.63) is 65.7 Å². The van der Waals surface area contributed by atoms with Crippen molar-refractivity contribution in [3.8, 4) is 5.75 Å². The first kappa shape index (κ1) is 23.1. The first-order valence-electron chi connectivity index (χ1n) is 9.02. The predicted molar refractivity (Wildman–Crippen MR) is 125 cm³/mol. The average molecular weight is 525 g/mol. The van der Waals surface area contributed by atoms with Crippen molar-refractivity contribution < 1.29 is 14.3 Å². The van der Waals surface area contributed by atoms with Crippen LogP contribution >= 0.6 is 39.9 Å². The molecule has 1 fully saturated rings. The molecule has 1 aliphatic heterocycles. The van der Waals surface area contributed by atoms with Crippen molar-refractivity contribution in [2.45, 2.75) is 18.9 Å². The maximum Gasteiger partial charge on any atom is 0.325 e. The third kappa shape index (κ3) is 6.23. The van der Waals surface area contributed by atoms with Crippen molar-refractivity contribution in [2.24, 2.45) is 5.73 Å². The Morgan fingerprint density at radius 3 is 2.68 bits per heavy atom. The van der Waals surface area contributed by atoms with E-state index in [2.05, 4.69) is 26.2 Å². The zero-order valence-corrected chi connectivity index (χ0v) is 19.1. The van der Waals surface area contributed by atoms with Crippen LogP contribution in [0.3, 0.4) is 0 Å². The van der Waals surface area contributed by atoms with E-state index in [-0.39, 0.29) is 30.4 Å². The predicted octanol–water partition coefficient (Wildman–Crippen LogP) is 1.74. The van der Waals surface area contributed by atoms with E-state index < -0.39 is 17.3 Å². The molecule has 162 valence electrons. The average Bonchev–Trinajstić information content (AvgIpc) is 3.01. The number of rotatable bonds is 8. The van der Waals surface area contributed by atoms with E-state index in [0.29, 0.717) is 25.9 Å². The molecular formula is C19H17BrN4O5S2. The minimum Gasteiger partial charge on any atom is -0.492 e. The van der Waals surface area contributed by atoms with Crippen LogP contribution in [-0.2, 0) is 9.59 Å². The molecule has 1 unspecified atom stereocenters. The molecule has 2 aromatic rings. The van der Waals surface area contributed by atoms with Crippen molar-refractivity contribution in [3.63, 3.8) is 0 Å². The molecule has 1 aliphatic rings. The quantitative estimate of drug-likeness (QED) is 0.232. The van der Waals surface area contributed by atoms with Gasteiger partial charge in [0.1, 0.15) is 16.1 Å². The van der Waals surface area contributed by atoms with E-state index in [1.165, 1.54) is 11.8 Å². The zero-order valence-electron chi connectivity index (χ0n) is 15.9. The summed E-state index contributed by atoms with van der Waals surface area (Å²) in [5, 5.41) is 2.56. The number of carbonyl (C=O) groups excluding carboxylic acids is 2. The number of aromatic nitrogens is 2. The highest BCUT2D eigenvalue weighted by Gasteiger charge is 2.22. The summed E-state index contributed by atoms with van der Waals surface area (Å²) in [6.45, 7) is 0.260. The Kier molecular flexibility index (Phi) is 7.59. The van der Waals surface area contributed by atoms with Crippen LogP contribution < -0.4 is 27.0 Å². The third-order valence-corrected chi connectivity index (χ3v) is 5.97. The van der Waals surface area contributed by atoms with Gasteiger partial charge in [-0.15, -0.1) is 0 Å². The van der Waals surface area contributed by atoms with E-state index in [0.717, 1.165) is 11.6 Å². The molecule has 1 aromatic heterocycles. The molecule has 2 heterocycles. The standard InChI is InChI=1S/C19H17BrN4O5S2/c20-10-6-9(7-14-17(27)24-19(30)31-14)3-4-13(10)29-5-1-2-12(25)16(21)11-8-15(26)23-18(28)22-11/h3-4,6-8,16H,1-2,5,21H2,(H,24,27,30)(H2,22,23,26,28). The summed E-state index contributed by atoms with van der Waals surface area (Å²) in [6.07, 6.45) is 2.24. The number of ether oxygens (including phenoxy) is 1. The number of thiocarbonyl (C=S) groups is 1. The summed E-state index contributed by atoms with van der Waals surface area (Å²) >= 11 is 9.60. The van der Waals surface area contributed by atoms with Gasteiger partial charge in [0.25, 0.3) is 11.5 Å². The molecule has 12 heteroatoms. The van der Waals surface area contributed by atoms with E-state index in [1.807, 2.05) is 11.1 Å². The number of ketones is 1. The lowest BCUT2D eigenvalue weighted by molar-refractivity contribution is -0.120. The SMILES string of the molecule is NC(C(=O)CCCOc1ccc(C=C2SC(=S)NC2=O)cc1Br)c1cc(=O)[nH]c(=O)[nH]1. The van der Waals surface area contributed by atoms with Crippen molar-refractivity contribution in [1.29, 1.82) is 0 Å². The summed E-state index contributed by atoms with van der Waals surface area (Å²) in [5.41, 5.74) is 5.37. The van der Waals surface area contributed by atoms with Crippen molar-refractivity contribution in [2.75, 3.05) is 6.61 Å². The van der Waals surface area contributed by atoms with E-state index in [1.54, 1.807) is 18.2 Å². The van der Waals surface area contributed by atoms with Gasteiger partial charge < -0.3 is 20.8 Å². The highest BCUT2D eigenvalue weighted by atomic mass is 79.9. The molecule has 1 amide bonds. The van der Waals surface area contributed by atoms with Crippen LogP contribution in [0.1, 0.15) is 30.1 Å². The largest absolute Gasteiger partial charge is 0.492 e. The lowest BCUT2D eigenvalue weighted by Gasteiger charge is -2.11. The first-order valence-corrected chi connectivity index (χ1v) is 11.0. The highest BCUT2D eigenvalue weighted by Crippen LogP contribution is 2.30. The first-order chi connectivity index (χ1) is 14.7. The molecule has 31 heavy (non-hydrogen) atoms. The van der Waals surface area contributed by atoms with Crippen LogP contribution in [-0.4, -0.2) is 32.6 Å². The minimum absolute atomic E-state index is 0.0713. The fraction of sp³-hybridized carbons (Fsp3) is 0.211. The molecule has 5 N–H and O–H groups in total. The van der Waals surface area contributed by atoms with Gasteiger partial charge in [0, 0.05) is 18.2 Å². The normalized spacial score (nSPS) is 15.7. The number of carbonyl (C=O) groups is 2. The molecule has 0 bridgehead atoms. The van der Waals surface area contributed by atoms with Crippen LogP contribution in [0.5, 0.6) is 5.75 Å². The van der Waals surface area contributed by atoms with Crippen LogP contribution in [0.25, 0.3) is 6.08 Å². The monoisotopic (exact) mass is 524 g/mol. The summed E-state index contributed by atoms with van der Waals surface area (Å²) in [7, 11) is 0. The Balaban J connectivity index is 1.52. The fourth-order valence-corrected chi connectivity index (χ4v) is 4.26. The van der Waals surface area contributed by atoms with Crippen LogP contribution in [0, 0.1) is 0 Å². The molecule has 3 rings (SSSR count). The number of thioether (sulfide) groups is 1. The Morgan fingerprint density at radius 2 is 2.03 bits per heavy atom. The van der Waals surface area contributed by atoms with Crippen molar-refractivity contribution in [1.82, 2.24) is 15.3 Å². The lowest BCUT2D eigenvalue weighted by atomic mass is 10.1. The molecule has 1 aromatic carbocycles. The second-order valence-electron chi connectivity index (χ2n) is 6.48. The Morgan fingerprint density at radius 1 is 1.26 bits per heavy atom. The molecular weight excluding hydrogens is 508 g/mol. The number of hydrogen-bond acceptors (Lipinski definition) is 8. The second kappa shape index (κ2) is 10.2. The smallest absolute Gasteiger partial charge is 0.325 e. The van der Waals surface area contributed by atoms with E-state index in [4.69, 9.17) is 22.7 Å². The lowest BCUT2D eigenvalue weighted by Crippen LogP contribution is -2.30. The number of H-pyrrole nitrogens is 2. The Bertz CT molecular complexity index is 1160. The van der Waals surface area contributed by atoms with Crippen LogP contribution in [0.4, 0.5) is 0 Å². The number of hydrogen-bond donors (Lipinski definition) is 4. The minimum atomic E-state index is -1.09. The maximum atomic E-state index is 12.2. The van der Waals surface area contributed by atoms with Gasteiger partial charge in [-0.3, -0.25) is 19.4 Å². The number of nitrogens with one attached hydrogen (secondary N) is 3. The van der Waals surface area contributed by atoms with Gasteiger partial charge in [0.15, 0.2) is 5.78 Å². The van der Waals surface area contributed by atoms with E-state index in [9.17, 15) is 19.2 Å². The maximum absolute atomic E-state index is 12.2. The summed E-state index contributed by atoms with van der Waals surface area (Å²) in [5.74, 6) is 0.0338. The summed E-state index contributed by atoms with van der Waals surface area (Å²) in [4.78, 5) is 51.5. The number of nitrogens with two attached hydrogens (primary N) is 1. The third-order valence-electron chi connectivity index (χ3n) is 4.18. The van der Waals surface area contributed by atoms with Gasteiger partial charge in [0.2, 0.25) is 0 Å². The molecule has 1 saturated heterocycles. The zero-order chi connectivity index (χ0) is 22.5. The van der Waals surface area contributed by atoms with Crippen LogP contribution in [0.2, 0.25) is 0 Å². The molecule has 9 nitrogen and oxygen atoms in total. The fourth-order valence-electron chi connectivity index (χ4n) is 2.71. The number of Topliss-reactive ketones (excluding diaryl/α,β-unsaturated/α-hetero) is 1. The van der Waals surface area contributed by atoms with Gasteiger partial charge in [-0.1, -0.05) is 30.0 Å². The highest BCUT2D eigenvalue weighted by molar-refractivity contribution is 9.10. The van der Waals surface area contributed by atoms with Gasteiger partial charge >= 0.3 is 5.69 Å². The number of halogens is 1. The number of amides is 1. The van der Waals surface area contributed by atoms with Gasteiger partial charge in [-0.2, -0.15) is 0 Å². The topological polar surface area (TPSA) is 147 Å². The van der Waals surface area contributed by atoms with Gasteiger partial charge in [-0.25, -0.2) is 4.79 Å². The second-order valence-corrected chi connectivity index (χ2v) is 9.05. The summed E-state index contributed by atoms with van der Waals surface area (Å²) < 4.78 is 6.81. The van der Waals surface area contributed by atoms with Crippen molar-refractivity contribution >= 4 is 62.0 Å². The molecule has 0 radical (unpaired) electrons. The number of aromatic amines is 2. The van der Waals surface area contributed by atoms with Crippen LogP contribution in [0.15, 0.2) is 43.2 Å². The molecule has 0 aliphatic carbocycles. The van der Waals surface area contributed by atoms with Gasteiger partial charge in [0.05, 0.1) is 16.0 Å².